The molecule has 0 aliphatic carbocycles. The molecule has 0 aliphatic heterocycles. The summed E-state index contributed by atoms with van der Waals surface area (Å²) in [7, 11) is 1.63. The van der Waals surface area contributed by atoms with Crippen molar-refractivity contribution in [3.8, 4) is 5.75 Å². The number of ether oxygens (including phenoxy) is 1. The third-order valence-corrected chi connectivity index (χ3v) is 10.3. The highest BCUT2D eigenvalue weighted by Crippen LogP contribution is 2.27. The van der Waals surface area contributed by atoms with Crippen molar-refractivity contribution in [3.05, 3.63) is 138 Å². The molecule has 0 unspecified atom stereocenters. The number of benzene rings is 4. The van der Waals surface area contributed by atoms with Crippen molar-refractivity contribution in [3.63, 3.8) is 0 Å². The molecule has 0 saturated carbocycles. The Hall–Kier alpha value is -5.41. The van der Waals surface area contributed by atoms with Gasteiger partial charge in [-0.1, -0.05) is 110 Å². The lowest BCUT2D eigenvalue weighted by Gasteiger charge is -2.27. The van der Waals surface area contributed by atoms with Crippen LogP contribution < -0.4 is 20.9 Å². The summed E-state index contributed by atoms with van der Waals surface area (Å²) in [6.45, 7) is 0.411. The molecule has 284 valence electrons. The van der Waals surface area contributed by atoms with E-state index in [4.69, 9.17) is 4.74 Å². The second-order valence-electron chi connectivity index (χ2n) is 14.0. The lowest BCUT2D eigenvalue weighted by Crippen LogP contribution is -2.52. The second-order valence-corrected chi connectivity index (χ2v) is 14.0. The standard InChI is InChI=1S/C45H54N4O5/c1-54-37-27-25-35(26-28-37)20-14-23-39(40(44(51)49-53)22-11-3-2-6-15-33-16-7-4-8-17-33)43(50)48-42(31-36-32-47-41-24-13-12-21-38(36)41)45(52)46-30-29-34-18-9-5-10-19-34/h4-5,7-10,12-13,16-19,21,24-28,32,39-40,42,47,53H,2-3,6,11,14-15,20,22-23,29-31H2,1H3,(H,46,52)(H,48,50)(H,49,51)/t39-,40+,42+/m0/s1. The van der Waals surface area contributed by atoms with Crippen molar-refractivity contribution in [2.45, 2.75) is 76.7 Å². The van der Waals surface area contributed by atoms with E-state index in [1.807, 2.05) is 109 Å². The number of amides is 3. The average Bonchev–Trinajstić information content (AvgIpc) is 3.62. The van der Waals surface area contributed by atoms with Crippen molar-refractivity contribution >= 4 is 28.6 Å². The highest BCUT2D eigenvalue weighted by atomic mass is 16.5. The molecule has 5 N–H and O–H groups in total. The number of carbonyl (C=O) groups is 3. The summed E-state index contributed by atoms with van der Waals surface area (Å²) in [5.74, 6) is -2.00. The molecular weight excluding hydrogens is 677 g/mol. The first-order valence-electron chi connectivity index (χ1n) is 19.2. The van der Waals surface area contributed by atoms with Gasteiger partial charge in [0.05, 0.1) is 13.0 Å². The number of aromatic nitrogens is 1. The molecule has 0 bridgehead atoms. The molecule has 0 spiro atoms. The maximum atomic E-state index is 14.4. The van der Waals surface area contributed by atoms with Crippen molar-refractivity contribution in [2.24, 2.45) is 11.8 Å². The van der Waals surface area contributed by atoms with Crippen molar-refractivity contribution in [1.29, 1.82) is 0 Å². The van der Waals surface area contributed by atoms with E-state index in [0.29, 0.717) is 38.6 Å². The molecule has 1 heterocycles. The minimum absolute atomic E-state index is 0.268. The summed E-state index contributed by atoms with van der Waals surface area (Å²) in [5.41, 5.74) is 7.20. The Morgan fingerprint density at radius 2 is 1.24 bits per heavy atom. The van der Waals surface area contributed by atoms with Gasteiger partial charge >= 0.3 is 0 Å². The number of hydrogen-bond acceptors (Lipinski definition) is 5. The number of fused-ring (bicyclic) bond motifs is 1. The minimum atomic E-state index is -0.882. The predicted octanol–water partition coefficient (Wildman–Crippen LogP) is 7.52. The van der Waals surface area contributed by atoms with Gasteiger partial charge in [0.2, 0.25) is 17.7 Å². The Labute approximate surface area is 318 Å². The van der Waals surface area contributed by atoms with Gasteiger partial charge in [0.25, 0.3) is 0 Å². The van der Waals surface area contributed by atoms with Crippen molar-refractivity contribution in [1.82, 2.24) is 21.1 Å². The van der Waals surface area contributed by atoms with Gasteiger partial charge in [0, 0.05) is 36.0 Å². The molecule has 1 aromatic heterocycles. The summed E-state index contributed by atoms with van der Waals surface area (Å²) in [5, 5.41) is 17.0. The van der Waals surface area contributed by atoms with Crippen LogP contribution in [0.2, 0.25) is 0 Å². The third-order valence-electron chi connectivity index (χ3n) is 10.3. The zero-order valence-electron chi connectivity index (χ0n) is 31.3. The summed E-state index contributed by atoms with van der Waals surface area (Å²) >= 11 is 0. The van der Waals surface area contributed by atoms with Crippen LogP contribution in [-0.4, -0.2) is 47.6 Å². The first kappa shape index (κ1) is 39.8. The van der Waals surface area contributed by atoms with E-state index in [9.17, 15) is 19.6 Å². The van der Waals surface area contributed by atoms with Gasteiger partial charge in [-0.25, -0.2) is 5.48 Å². The smallest absolute Gasteiger partial charge is 0.247 e. The van der Waals surface area contributed by atoms with E-state index >= 15 is 0 Å². The van der Waals surface area contributed by atoms with Crippen LogP contribution in [0.5, 0.6) is 5.75 Å². The molecule has 0 radical (unpaired) electrons. The lowest BCUT2D eigenvalue weighted by atomic mass is 9.82. The topological polar surface area (TPSA) is 133 Å². The van der Waals surface area contributed by atoms with Crippen LogP contribution in [0.4, 0.5) is 0 Å². The van der Waals surface area contributed by atoms with Crippen LogP contribution in [0.1, 0.15) is 67.2 Å². The van der Waals surface area contributed by atoms with E-state index in [2.05, 4.69) is 27.8 Å². The number of nitrogens with one attached hydrogen (secondary N) is 4. The quantitative estimate of drug-likeness (QED) is 0.0286. The van der Waals surface area contributed by atoms with E-state index in [1.165, 1.54) is 5.56 Å². The Balaban J connectivity index is 1.31. The molecule has 0 fully saturated rings. The first-order chi connectivity index (χ1) is 26.4. The number of hydrogen-bond donors (Lipinski definition) is 5. The van der Waals surface area contributed by atoms with E-state index in [0.717, 1.165) is 65.4 Å². The van der Waals surface area contributed by atoms with Gasteiger partial charge in [0.1, 0.15) is 11.8 Å². The molecule has 0 saturated heterocycles. The number of H-pyrrole nitrogens is 1. The van der Waals surface area contributed by atoms with E-state index < -0.39 is 23.8 Å². The molecule has 54 heavy (non-hydrogen) atoms. The maximum Gasteiger partial charge on any atom is 0.247 e. The zero-order chi connectivity index (χ0) is 38.0. The highest BCUT2D eigenvalue weighted by molar-refractivity contribution is 5.92. The molecule has 4 aromatic carbocycles. The molecule has 0 aliphatic rings. The number of hydroxylamine groups is 1. The summed E-state index contributed by atoms with van der Waals surface area (Å²) in [6, 6.07) is 35.1. The first-order valence-corrected chi connectivity index (χ1v) is 19.2. The zero-order valence-corrected chi connectivity index (χ0v) is 31.3. The van der Waals surface area contributed by atoms with Gasteiger partial charge in [0.15, 0.2) is 0 Å². The Morgan fingerprint density at radius 1 is 0.648 bits per heavy atom. The number of aromatic amines is 1. The normalized spacial score (nSPS) is 12.8. The number of unbranched alkanes of at least 4 members (excludes halogenated alkanes) is 3. The van der Waals surface area contributed by atoms with Gasteiger partial charge in [-0.15, -0.1) is 0 Å². The fourth-order valence-corrected chi connectivity index (χ4v) is 7.23. The highest BCUT2D eigenvalue weighted by Gasteiger charge is 2.35. The van der Waals surface area contributed by atoms with Crippen LogP contribution in [0.15, 0.2) is 115 Å². The average molecular weight is 731 g/mol. The fourth-order valence-electron chi connectivity index (χ4n) is 7.23. The SMILES string of the molecule is COc1ccc(CCC[C@H](C(=O)N[C@H](Cc2c[nH]c3ccccc23)C(=O)NCCc2ccccc2)[C@@H](CCCCCCc2ccccc2)C(=O)NO)cc1. The largest absolute Gasteiger partial charge is 0.497 e. The number of para-hydroxylation sites is 1. The maximum absolute atomic E-state index is 14.4. The Kier molecular flexibility index (Phi) is 15.7. The number of carbonyl (C=O) groups excluding carboxylic acids is 3. The lowest BCUT2D eigenvalue weighted by molar-refractivity contribution is -0.141. The van der Waals surface area contributed by atoms with E-state index in [1.54, 1.807) is 7.11 Å². The van der Waals surface area contributed by atoms with E-state index in [-0.39, 0.29) is 18.2 Å². The molecule has 9 nitrogen and oxygen atoms in total. The van der Waals surface area contributed by atoms with Crippen molar-refractivity contribution < 1.29 is 24.3 Å². The molecule has 3 atom stereocenters. The van der Waals surface area contributed by atoms with Crippen LogP contribution in [0.25, 0.3) is 10.9 Å². The summed E-state index contributed by atoms with van der Waals surface area (Å²) in [6.07, 6.45) is 9.61. The van der Waals surface area contributed by atoms with Gasteiger partial charge in [-0.3, -0.25) is 19.6 Å². The fraction of sp³-hybridized carbons (Fsp3) is 0.356. The molecular formula is C45H54N4O5. The monoisotopic (exact) mass is 730 g/mol. The van der Waals surface area contributed by atoms with Crippen LogP contribution in [0, 0.1) is 11.8 Å². The molecule has 5 aromatic rings. The van der Waals surface area contributed by atoms with Crippen LogP contribution in [-0.2, 0) is 40.1 Å². The summed E-state index contributed by atoms with van der Waals surface area (Å²) < 4.78 is 5.31. The molecule has 3 amide bonds. The van der Waals surface area contributed by atoms with Crippen LogP contribution in [0.3, 0.4) is 0 Å². The number of rotatable bonds is 22. The second kappa shape index (κ2) is 21.3. The minimum Gasteiger partial charge on any atom is -0.497 e. The molecule has 5 rings (SSSR count). The Morgan fingerprint density at radius 3 is 1.94 bits per heavy atom. The third kappa shape index (κ3) is 12.1. The van der Waals surface area contributed by atoms with Gasteiger partial charge in [-0.2, -0.15) is 0 Å². The number of aryl methyl sites for hydroxylation is 2. The van der Waals surface area contributed by atoms with Crippen molar-refractivity contribution in [2.75, 3.05) is 13.7 Å². The summed E-state index contributed by atoms with van der Waals surface area (Å²) in [4.78, 5) is 44.9. The van der Waals surface area contributed by atoms with Gasteiger partial charge in [-0.05, 0) is 85.4 Å². The predicted molar refractivity (Wildman–Crippen MR) is 213 cm³/mol. The molecule has 9 heteroatoms. The van der Waals surface area contributed by atoms with Crippen LogP contribution >= 0.6 is 0 Å². The Bertz CT molecular complexity index is 1880. The number of methoxy groups -OCH3 is 1. The van der Waals surface area contributed by atoms with Gasteiger partial charge < -0.3 is 20.4 Å².